The Morgan fingerprint density at radius 1 is 1.00 bits per heavy atom. The molecule has 4 N–H and O–H groups in total. The van der Waals surface area contributed by atoms with E-state index in [0.717, 1.165) is 5.56 Å². The van der Waals surface area contributed by atoms with E-state index in [1.165, 1.54) is 24.3 Å². The summed E-state index contributed by atoms with van der Waals surface area (Å²) in [6, 6.07) is 8.58. The van der Waals surface area contributed by atoms with Gasteiger partial charge >= 0.3 is 11.8 Å². The Balaban J connectivity index is 1.92. The molecule has 1 heterocycles. The minimum Gasteiger partial charge on any atom is -0.344 e. The zero-order valence-electron chi connectivity index (χ0n) is 11.9. The fourth-order valence-electron chi connectivity index (χ4n) is 1.68. The Labute approximate surface area is 132 Å². The Bertz CT molecular complexity index is 804. The Kier molecular flexibility index (Phi) is 5.04. The Morgan fingerprint density at radius 3 is 2.17 bits per heavy atom. The second-order valence-electron chi connectivity index (χ2n) is 4.56. The van der Waals surface area contributed by atoms with Crippen molar-refractivity contribution in [1.29, 1.82) is 0 Å². The number of nitrogens with one attached hydrogen (secondary N) is 2. The minimum absolute atomic E-state index is 0.0855. The molecule has 0 aliphatic rings. The lowest BCUT2D eigenvalue weighted by molar-refractivity contribution is -0.136. The Hall–Kier alpha value is -2.78. The van der Waals surface area contributed by atoms with E-state index in [-0.39, 0.29) is 17.1 Å². The second kappa shape index (κ2) is 6.99. The number of pyridine rings is 1. The summed E-state index contributed by atoms with van der Waals surface area (Å²) in [6.45, 7) is 0.194. The van der Waals surface area contributed by atoms with Gasteiger partial charge in [-0.2, -0.15) is 0 Å². The van der Waals surface area contributed by atoms with E-state index in [4.69, 9.17) is 5.14 Å². The van der Waals surface area contributed by atoms with Crippen molar-refractivity contribution in [3.63, 3.8) is 0 Å². The molecule has 2 aromatic rings. The topological polar surface area (TPSA) is 131 Å². The van der Waals surface area contributed by atoms with Gasteiger partial charge in [0.25, 0.3) is 0 Å². The van der Waals surface area contributed by atoms with Crippen LogP contribution in [0, 0.1) is 0 Å². The van der Waals surface area contributed by atoms with E-state index in [1.54, 1.807) is 24.5 Å². The summed E-state index contributed by atoms with van der Waals surface area (Å²) in [5.74, 6) is -1.67. The summed E-state index contributed by atoms with van der Waals surface area (Å²) in [6.07, 6.45) is 3.16. The first kappa shape index (κ1) is 16.6. The van der Waals surface area contributed by atoms with Crippen molar-refractivity contribution in [3.8, 4) is 0 Å². The molecule has 1 aromatic heterocycles. The maximum absolute atomic E-state index is 11.7. The Morgan fingerprint density at radius 2 is 1.61 bits per heavy atom. The van der Waals surface area contributed by atoms with Crippen LogP contribution in [0.1, 0.15) is 5.56 Å². The summed E-state index contributed by atoms with van der Waals surface area (Å²) < 4.78 is 22.2. The number of amides is 2. The minimum atomic E-state index is -3.80. The molecule has 2 rings (SSSR count). The first-order chi connectivity index (χ1) is 10.9. The van der Waals surface area contributed by atoms with Gasteiger partial charge in [-0.05, 0) is 42.0 Å². The fraction of sp³-hybridized carbons (Fsp3) is 0.0714. The van der Waals surface area contributed by atoms with Gasteiger partial charge in [0.05, 0.1) is 4.90 Å². The monoisotopic (exact) mass is 334 g/mol. The molecule has 120 valence electrons. The molecule has 0 aliphatic heterocycles. The molecular formula is C14H14N4O4S. The molecule has 0 radical (unpaired) electrons. The van der Waals surface area contributed by atoms with Crippen LogP contribution in [0.25, 0.3) is 0 Å². The number of anilines is 1. The maximum atomic E-state index is 11.7. The van der Waals surface area contributed by atoms with Crippen molar-refractivity contribution >= 4 is 27.5 Å². The van der Waals surface area contributed by atoms with E-state index in [2.05, 4.69) is 15.6 Å². The summed E-state index contributed by atoms with van der Waals surface area (Å²) in [4.78, 5) is 27.2. The van der Waals surface area contributed by atoms with Gasteiger partial charge in [0, 0.05) is 24.6 Å². The molecule has 8 nitrogen and oxygen atoms in total. The lowest BCUT2D eigenvalue weighted by Gasteiger charge is -2.07. The van der Waals surface area contributed by atoms with Gasteiger partial charge in [0.1, 0.15) is 0 Å². The molecule has 0 aliphatic carbocycles. The molecule has 0 saturated carbocycles. The highest BCUT2D eigenvalue weighted by atomic mass is 32.2. The van der Waals surface area contributed by atoms with Crippen LogP contribution >= 0.6 is 0 Å². The van der Waals surface area contributed by atoms with Crippen molar-refractivity contribution in [2.75, 3.05) is 5.32 Å². The third-order valence-electron chi connectivity index (χ3n) is 2.85. The van der Waals surface area contributed by atoms with Gasteiger partial charge in [-0.15, -0.1) is 0 Å². The van der Waals surface area contributed by atoms with Crippen LogP contribution in [0.2, 0.25) is 0 Å². The maximum Gasteiger partial charge on any atom is 0.313 e. The van der Waals surface area contributed by atoms with Gasteiger partial charge in [-0.25, -0.2) is 13.6 Å². The quantitative estimate of drug-likeness (QED) is 0.676. The zero-order chi connectivity index (χ0) is 16.9. The third kappa shape index (κ3) is 4.87. The standard InChI is InChI=1S/C14H14N4O4S/c15-23(21,22)12-3-1-11(2-4-12)18-14(20)13(19)17-9-10-5-7-16-8-6-10/h1-8H,9H2,(H,17,19)(H,18,20)(H2,15,21,22). The van der Waals surface area contributed by atoms with Gasteiger partial charge in [-0.3, -0.25) is 14.6 Å². The SMILES string of the molecule is NS(=O)(=O)c1ccc(NC(=O)C(=O)NCc2ccncc2)cc1. The molecule has 9 heteroatoms. The molecule has 1 aromatic carbocycles. The van der Waals surface area contributed by atoms with Crippen LogP contribution < -0.4 is 15.8 Å². The molecule has 0 saturated heterocycles. The van der Waals surface area contributed by atoms with Crippen molar-refractivity contribution in [1.82, 2.24) is 10.3 Å². The average Bonchev–Trinajstić information content (AvgIpc) is 2.53. The largest absolute Gasteiger partial charge is 0.344 e. The zero-order valence-corrected chi connectivity index (χ0v) is 12.7. The van der Waals surface area contributed by atoms with Crippen LogP contribution in [0.3, 0.4) is 0 Å². The first-order valence-corrected chi connectivity index (χ1v) is 8.02. The van der Waals surface area contributed by atoms with Crippen LogP contribution in [-0.4, -0.2) is 25.2 Å². The summed E-state index contributed by atoms with van der Waals surface area (Å²) >= 11 is 0. The van der Waals surface area contributed by atoms with Gasteiger partial charge in [-0.1, -0.05) is 0 Å². The van der Waals surface area contributed by atoms with Crippen molar-refractivity contribution in [2.24, 2.45) is 5.14 Å². The van der Waals surface area contributed by atoms with E-state index in [1.807, 2.05) is 0 Å². The van der Waals surface area contributed by atoms with Crippen LogP contribution in [0.5, 0.6) is 0 Å². The van der Waals surface area contributed by atoms with Crippen LogP contribution in [0.15, 0.2) is 53.7 Å². The molecule has 23 heavy (non-hydrogen) atoms. The molecule has 0 bridgehead atoms. The number of carbonyl (C=O) groups excluding carboxylic acids is 2. The smallest absolute Gasteiger partial charge is 0.313 e. The second-order valence-corrected chi connectivity index (χ2v) is 6.12. The highest BCUT2D eigenvalue weighted by molar-refractivity contribution is 7.89. The number of nitrogens with two attached hydrogens (primary N) is 1. The van der Waals surface area contributed by atoms with Gasteiger partial charge in [0.15, 0.2) is 0 Å². The summed E-state index contributed by atoms with van der Waals surface area (Å²) in [5.41, 5.74) is 1.08. The number of rotatable bonds is 4. The number of sulfonamides is 1. The lowest BCUT2D eigenvalue weighted by Crippen LogP contribution is -2.34. The van der Waals surface area contributed by atoms with Crippen LogP contribution in [-0.2, 0) is 26.2 Å². The number of aromatic nitrogens is 1. The van der Waals surface area contributed by atoms with E-state index >= 15 is 0 Å². The predicted octanol–water partition coefficient (Wildman–Crippen LogP) is -0.0161. The lowest BCUT2D eigenvalue weighted by atomic mass is 10.2. The number of hydrogen-bond acceptors (Lipinski definition) is 5. The number of nitrogens with zero attached hydrogens (tertiary/aromatic N) is 1. The highest BCUT2D eigenvalue weighted by Gasteiger charge is 2.14. The third-order valence-corrected chi connectivity index (χ3v) is 3.78. The van der Waals surface area contributed by atoms with E-state index < -0.39 is 21.8 Å². The van der Waals surface area contributed by atoms with Crippen molar-refractivity contribution in [3.05, 3.63) is 54.4 Å². The van der Waals surface area contributed by atoms with Gasteiger partial charge in [0.2, 0.25) is 10.0 Å². The first-order valence-electron chi connectivity index (χ1n) is 6.47. The van der Waals surface area contributed by atoms with Gasteiger partial charge < -0.3 is 10.6 Å². The van der Waals surface area contributed by atoms with E-state index in [9.17, 15) is 18.0 Å². The molecular weight excluding hydrogens is 320 g/mol. The van der Waals surface area contributed by atoms with E-state index in [0.29, 0.717) is 0 Å². The summed E-state index contributed by atoms with van der Waals surface area (Å²) in [7, 11) is -3.80. The molecule has 0 fully saturated rings. The molecule has 0 atom stereocenters. The summed E-state index contributed by atoms with van der Waals surface area (Å²) in [5, 5.41) is 9.79. The highest BCUT2D eigenvalue weighted by Crippen LogP contribution is 2.12. The molecule has 0 spiro atoms. The van der Waals surface area contributed by atoms with Crippen LogP contribution in [0.4, 0.5) is 5.69 Å². The average molecular weight is 334 g/mol. The molecule has 2 amide bonds. The fourth-order valence-corrected chi connectivity index (χ4v) is 2.19. The molecule has 0 unspecified atom stereocenters. The number of benzene rings is 1. The normalized spacial score (nSPS) is 10.8. The number of carbonyl (C=O) groups is 2. The van der Waals surface area contributed by atoms with Crippen molar-refractivity contribution < 1.29 is 18.0 Å². The van der Waals surface area contributed by atoms with Crippen molar-refractivity contribution in [2.45, 2.75) is 11.4 Å². The predicted molar refractivity (Wildman–Crippen MR) is 82.5 cm³/mol. The number of primary sulfonamides is 1. The number of hydrogen-bond donors (Lipinski definition) is 3.